The quantitative estimate of drug-likeness (QED) is 0.711. The summed E-state index contributed by atoms with van der Waals surface area (Å²) in [4.78, 5) is 22.8. The standard InChI is InChI=1S/C11H13NO3/c1-8(14)9-4-2-3-5-10(9)11(15)12-6-7-13/h2-5,13H,6-7H2,1H3,(H,12,15). The Hall–Kier alpha value is -1.68. The highest BCUT2D eigenvalue weighted by molar-refractivity contribution is 6.07. The van der Waals surface area contributed by atoms with Crippen LogP contribution in [-0.4, -0.2) is 29.9 Å². The maximum atomic E-state index is 11.6. The summed E-state index contributed by atoms with van der Waals surface area (Å²) in [5.41, 5.74) is 0.742. The monoisotopic (exact) mass is 207 g/mol. The van der Waals surface area contributed by atoms with E-state index in [0.717, 1.165) is 0 Å². The molecule has 1 aromatic rings. The molecule has 0 atom stereocenters. The van der Waals surface area contributed by atoms with Gasteiger partial charge in [-0.25, -0.2) is 0 Å². The summed E-state index contributed by atoms with van der Waals surface area (Å²) in [6.45, 7) is 1.48. The Bertz CT molecular complexity index is 374. The highest BCUT2D eigenvalue weighted by Crippen LogP contribution is 2.09. The van der Waals surface area contributed by atoms with Crippen LogP contribution in [0.2, 0.25) is 0 Å². The number of benzene rings is 1. The first-order valence-corrected chi connectivity index (χ1v) is 4.66. The number of carbonyl (C=O) groups is 2. The van der Waals surface area contributed by atoms with E-state index >= 15 is 0 Å². The number of aliphatic hydroxyl groups is 1. The zero-order valence-corrected chi connectivity index (χ0v) is 8.49. The molecule has 2 N–H and O–H groups in total. The summed E-state index contributed by atoms with van der Waals surface area (Å²) in [6.07, 6.45) is 0. The van der Waals surface area contributed by atoms with Crippen LogP contribution < -0.4 is 5.32 Å². The average molecular weight is 207 g/mol. The van der Waals surface area contributed by atoms with Gasteiger partial charge in [0.05, 0.1) is 12.2 Å². The summed E-state index contributed by atoms with van der Waals surface area (Å²) < 4.78 is 0. The highest BCUT2D eigenvalue weighted by Gasteiger charge is 2.12. The molecule has 0 saturated heterocycles. The maximum absolute atomic E-state index is 11.6. The SMILES string of the molecule is CC(=O)c1ccccc1C(=O)NCCO. The molecule has 0 saturated carbocycles. The van der Waals surface area contributed by atoms with Gasteiger partial charge in [-0.2, -0.15) is 0 Å². The van der Waals surface area contributed by atoms with Crippen LogP contribution in [0.1, 0.15) is 27.6 Å². The molecule has 4 heteroatoms. The molecular formula is C11H13NO3. The average Bonchev–Trinajstić information content (AvgIpc) is 2.25. The largest absolute Gasteiger partial charge is 0.395 e. The molecular weight excluding hydrogens is 194 g/mol. The molecule has 0 fully saturated rings. The molecule has 80 valence electrons. The third-order valence-electron chi connectivity index (χ3n) is 1.95. The van der Waals surface area contributed by atoms with Gasteiger partial charge in [0, 0.05) is 12.1 Å². The minimum atomic E-state index is -0.338. The Morgan fingerprint density at radius 2 is 1.87 bits per heavy atom. The molecule has 0 aromatic heterocycles. The number of Topliss-reactive ketones (excluding diaryl/α,β-unsaturated/α-hetero) is 1. The summed E-state index contributed by atoms with van der Waals surface area (Å²) in [5, 5.41) is 11.1. The van der Waals surface area contributed by atoms with Crippen LogP contribution in [0, 0.1) is 0 Å². The minimum absolute atomic E-state index is 0.117. The first-order chi connectivity index (χ1) is 7.16. The summed E-state index contributed by atoms with van der Waals surface area (Å²) in [7, 11) is 0. The number of aliphatic hydroxyl groups excluding tert-OH is 1. The van der Waals surface area contributed by atoms with Gasteiger partial charge in [0.25, 0.3) is 5.91 Å². The summed E-state index contributed by atoms with van der Waals surface area (Å²) >= 11 is 0. The predicted octanol–water partition coefficient (Wildman–Crippen LogP) is 0.611. The van der Waals surface area contributed by atoms with Gasteiger partial charge in [0.2, 0.25) is 0 Å². The number of rotatable bonds is 4. The van der Waals surface area contributed by atoms with E-state index in [1.54, 1.807) is 24.3 Å². The van der Waals surface area contributed by atoms with Crippen LogP contribution >= 0.6 is 0 Å². The van der Waals surface area contributed by atoms with Crippen molar-refractivity contribution < 1.29 is 14.7 Å². The van der Waals surface area contributed by atoms with E-state index in [1.807, 2.05) is 0 Å². The van der Waals surface area contributed by atoms with Gasteiger partial charge in [0.15, 0.2) is 5.78 Å². The Morgan fingerprint density at radius 1 is 1.27 bits per heavy atom. The van der Waals surface area contributed by atoms with E-state index in [4.69, 9.17) is 5.11 Å². The molecule has 0 aliphatic rings. The molecule has 0 bridgehead atoms. The maximum Gasteiger partial charge on any atom is 0.252 e. The lowest BCUT2D eigenvalue weighted by Gasteiger charge is -2.06. The molecule has 0 heterocycles. The van der Waals surface area contributed by atoms with Gasteiger partial charge < -0.3 is 10.4 Å². The second-order valence-corrected chi connectivity index (χ2v) is 3.08. The van der Waals surface area contributed by atoms with Crippen molar-refractivity contribution in [2.24, 2.45) is 0 Å². The first-order valence-electron chi connectivity index (χ1n) is 4.66. The summed E-state index contributed by atoms with van der Waals surface area (Å²) in [6, 6.07) is 6.60. The zero-order chi connectivity index (χ0) is 11.3. The van der Waals surface area contributed by atoms with Crippen LogP contribution in [-0.2, 0) is 0 Å². The van der Waals surface area contributed by atoms with Crippen molar-refractivity contribution in [1.29, 1.82) is 0 Å². The van der Waals surface area contributed by atoms with Crippen molar-refractivity contribution in [2.45, 2.75) is 6.92 Å². The van der Waals surface area contributed by atoms with E-state index in [-0.39, 0.29) is 24.8 Å². The molecule has 4 nitrogen and oxygen atoms in total. The second kappa shape index (κ2) is 5.26. The van der Waals surface area contributed by atoms with Gasteiger partial charge in [-0.1, -0.05) is 18.2 Å². The second-order valence-electron chi connectivity index (χ2n) is 3.08. The van der Waals surface area contributed by atoms with E-state index in [2.05, 4.69) is 5.32 Å². The van der Waals surface area contributed by atoms with Crippen molar-refractivity contribution >= 4 is 11.7 Å². The Kier molecular flexibility index (Phi) is 4.00. The molecule has 0 aliphatic carbocycles. The van der Waals surface area contributed by atoms with Crippen molar-refractivity contribution in [1.82, 2.24) is 5.32 Å². The molecule has 0 aliphatic heterocycles. The highest BCUT2D eigenvalue weighted by atomic mass is 16.3. The normalized spacial score (nSPS) is 9.73. The van der Waals surface area contributed by atoms with Crippen LogP contribution in [0.5, 0.6) is 0 Å². The van der Waals surface area contributed by atoms with Crippen LogP contribution in [0.25, 0.3) is 0 Å². The number of nitrogens with one attached hydrogen (secondary N) is 1. The molecule has 1 amide bonds. The topological polar surface area (TPSA) is 66.4 Å². The number of amides is 1. The van der Waals surface area contributed by atoms with E-state index in [1.165, 1.54) is 6.92 Å². The van der Waals surface area contributed by atoms with Gasteiger partial charge >= 0.3 is 0 Å². The third kappa shape index (κ3) is 2.89. The Morgan fingerprint density at radius 3 is 2.40 bits per heavy atom. The number of hydrogen-bond donors (Lipinski definition) is 2. The molecule has 0 radical (unpaired) electrons. The third-order valence-corrected chi connectivity index (χ3v) is 1.95. The molecule has 1 rings (SSSR count). The van der Waals surface area contributed by atoms with Gasteiger partial charge in [-0.15, -0.1) is 0 Å². The number of ketones is 1. The van der Waals surface area contributed by atoms with E-state index < -0.39 is 0 Å². The lowest BCUT2D eigenvalue weighted by Crippen LogP contribution is -2.27. The van der Waals surface area contributed by atoms with Crippen LogP contribution in [0.4, 0.5) is 0 Å². The van der Waals surface area contributed by atoms with Gasteiger partial charge in [0.1, 0.15) is 0 Å². The fourth-order valence-electron chi connectivity index (χ4n) is 1.25. The van der Waals surface area contributed by atoms with Crippen molar-refractivity contribution in [3.05, 3.63) is 35.4 Å². The van der Waals surface area contributed by atoms with E-state index in [9.17, 15) is 9.59 Å². The number of hydrogen-bond acceptors (Lipinski definition) is 3. The summed E-state index contributed by atoms with van der Waals surface area (Å²) in [5.74, 6) is -0.486. The molecule has 0 spiro atoms. The van der Waals surface area contributed by atoms with Gasteiger partial charge in [-0.3, -0.25) is 9.59 Å². The van der Waals surface area contributed by atoms with Crippen molar-refractivity contribution in [3.63, 3.8) is 0 Å². The van der Waals surface area contributed by atoms with Crippen LogP contribution in [0.3, 0.4) is 0 Å². The molecule has 0 unspecified atom stereocenters. The first kappa shape index (κ1) is 11.4. The molecule has 15 heavy (non-hydrogen) atoms. The van der Waals surface area contributed by atoms with Gasteiger partial charge in [-0.05, 0) is 13.0 Å². The molecule has 1 aromatic carbocycles. The lowest BCUT2D eigenvalue weighted by molar-refractivity contribution is 0.0931. The fourth-order valence-corrected chi connectivity index (χ4v) is 1.25. The Labute approximate surface area is 87.9 Å². The van der Waals surface area contributed by atoms with E-state index in [0.29, 0.717) is 11.1 Å². The minimum Gasteiger partial charge on any atom is -0.395 e. The Balaban J connectivity index is 2.92. The van der Waals surface area contributed by atoms with Crippen molar-refractivity contribution in [3.8, 4) is 0 Å². The zero-order valence-electron chi connectivity index (χ0n) is 8.49. The smallest absolute Gasteiger partial charge is 0.252 e. The van der Waals surface area contributed by atoms with Crippen LogP contribution in [0.15, 0.2) is 24.3 Å². The fraction of sp³-hybridized carbons (Fsp3) is 0.273. The van der Waals surface area contributed by atoms with Crippen molar-refractivity contribution in [2.75, 3.05) is 13.2 Å². The number of carbonyl (C=O) groups excluding carboxylic acids is 2. The lowest BCUT2D eigenvalue weighted by atomic mass is 10.0. The predicted molar refractivity (Wildman–Crippen MR) is 55.9 cm³/mol.